The van der Waals surface area contributed by atoms with Crippen molar-refractivity contribution in [3.05, 3.63) is 65.6 Å². The molecule has 1 N–H and O–H groups in total. The minimum Gasteiger partial charge on any atom is -0.462 e. The molecule has 28 heavy (non-hydrogen) atoms. The molecule has 1 amide bonds. The zero-order valence-corrected chi connectivity index (χ0v) is 15.6. The molecule has 144 valence electrons. The van der Waals surface area contributed by atoms with E-state index in [0.717, 1.165) is 5.56 Å². The van der Waals surface area contributed by atoms with E-state index < -0.39 is 5.97 Å². The van der Waals surface area contributed by atoms with Crippen LogP contribution in [0.3, 0.4) is 0 Å². The molecule has 3 rings (SSSR count). The minimum atomic E-state index is -0.433. The zero-order valence-electron chi connectivity index (χ0n) is 15.6. The summed E-state index contributed by atoms with van der Waals surface area (Å²) in [5.41, 5.74) is 2.31. The van der Waals surface area contributed by atoms with E-state index in [1.54, 1.807) is 37.4 Å². The Hall–Kier alpha value is -3.55. The molecule has 0 aliphatic heterocycles. The number of aryl methyl sites for hydroxylation is 1. The van der Waals surface area contributed by atoms with Crippen molar-refractivity contribution in [3.63, 3.8) is 0 Å². The van der Waals surface area contributed by atoms with Gasteiger partial charge in [-0.3, -0.25) is 9.78 Å². The lowest BCUT2D eigenvalue weighted by molar-refractivity contribution is 0.0525. The van der Waals surface area contributed by atoms with Crippen LogP contribution in [-0.2, 0) is 17.7 Å². The van der Waals surface area contributed by atoms with Gasteiger partial charge in [0.25, 0.3) is 5.91 Å². The van der Waals surface area contributed by atoms with Crippen LogP contribution in [0.1, 0.15) is 46.3 Å². The molecule has 0 spiro atoms. The van der Waals surface area contributed by atoms with Crippen molar-refractivity contribution in [2.75, 3.05) is 6.61 Å². The summed E-state index contributed by atoms with van der Waals surface area (Å²) in [6.07, 6.45) is 3.72. The first-order valence-corrected chi connectivity index (χ1v) is 8.93. The van der Waals surface area contributed by atoms with Crippen LogP contribution in [-0.4, -0.2) is 33.6 Å². The second-order valence-corrected chi connectivity index (χ2v) is 5.90. The van der Waals surface area contributed by atoms with Crippen molar-refractivity contribution < 1.29 is 18.8 Å². The highest BCUT2D eigenvalue weighted by Crippen LogP contribution is 2.21. The van der Waals surface area contributed by atoms with Gasteiger partial charge in [-0.05, 0) is 30.7 Å². The van der Waals surface area contributed by atoms with Crippen LogP contribution in [0, 0.1) is 0 Å². The summed E-state index contributed by atoms with van der Waals surface area (Å²) < 4.78 is 10.0. The summed E-state index contributed by atoms with van der Waals surface area (Å²) in [6.45, 7) is 4.12. The number of carbonyl (C=O) groups is 2. The molecular weight excluding hydrogens is 360 g/mol. The van der Waals surface area contributed by atoms with Crippen LogP contribution in [0.4, 0.5) is 0 Å². The molecule has 0 saturated carbocycles. The first-order chi connectivity index (χ1) is 13.6. The van der Waals surface area contributed by atoms with Crippen LogP contribution >= 0.6 is 0 Å². The summed E-state index contributed by atoms with van der Waals surface area (Å²) in [5, 5.41) is 6.57. The average Bonchev–Trinajstić information content (AvgIpc) is 3.20. The number of amides is 1. The Kier molecular flexibility index (Phi) is 6.11. The molecular formula is C20H20N4O4. The van der Waals surface area contributed by atoms with E-state index in [4.69, 9.17) is 9.26 Å². The van der Waals surface area contributed by atoms with E-state index >= 15 is 0 Å². The van der Waals surface area contributed by atoms with Gasteiger partial charge in [-0.15, -0.1) is 0 Å². The second-order valence-electron chi connectivity index (χ2n) is 5.90. The molecule has 8 nitrogen and oxygen atoms in total. The lowest BCUT2D eigenvalue weighted by atomic mass is 10.0. The topological polar surface area (TPSA) is 107 Å². The van der Waals surface area contributed by atoms with E-state index in [-0.39, 0.29) is 12.5 Å². The van der Waals surface area contributed by atoms with Gasteiger partial charge >= 0.3 is 5.97 Å². The third kappa shape index (κ3) is 4.59. The Morgan fingerprint density at radius 1 is 1.11 bits per heavy atom. The lowest BCUT2D eigenvalue weighted by Crippen LogP contribution is -2.23. The maximum Gasteiger partial charge on any atom is 0.339 e. The van der Waals surface area contributed by atoms with Gasteiger partial charge in [-0.2, -0.15) is 4.98 Å². The Labute approximate surface area is 161 Å². The molecule has 0 aliphatic rings. The van der Waals surface area contributed by atoms with Crippen molar-refractivity contribution in [3.8, 4) is 11.1 Å². The number of aromatic nitrogens is 3. The molecule has 0 unspecified atom stereocenters. The number of nitrogens with zero attached hydrogens (tertiary/aromatic N) is 3. The highest BCUT2D eigenvalue weighted by Gasteiger charge is 2.12. The number of hydrogen-bond donors (Lipinski definition) is 1. The third-order valence-corrected chi connectivity index (χ3v) is 3.93. The average molecular weight is 380 g/mol. The van der Waals surface area contributed by atoms with Crippen molar-refractivity contribution in [1.29, 1.82) is 0 Å². The van der Waals surface area contributed by atoms with E-state index in [1.165, 1.54) is 6.20 Å². The van der Waals surface area contributed by atoms with Gasteiger partial charge in [0.15, 0.2) is 5.82 Å². The summed E-state index contributed by atoms with van der Waals surface area (Å²) in [7, 11) is 0. The fourth-order valence-electron chi connectivity index (χ4n) is 2.53. The molecule has 0 radical (unpaired) electrons. The Balaban J connectivity index is 1.73. The first-order valence-electron chi connectivity index (χ1n) is 8.93. The number of ether oxygens (including phenoxy) is 1. The lowest BCUT2D eigenvalue weighted by Gasteiger charge is -2.07. The quantitative estimate of drug-likeness (QED) is 0.628. The predicted octanol–water partition coefficient (Wildman–Crippen LogP) is 2.80. The molecule has 3 aromatic rings. The van der Waals surface area contributed by atoms with Crippen LogP contribution in [0.5, 0.6) is 0 Å². The van der Waals surface area contributed by atoms with E-state index in [9.17, 15) is 9.59 Å². The molecule has 8 heteroatoms. The number of hydrogen-bond acceptors (Lipinski definition) is 7. The van der Waals surface area contributed by atoms with Crippen molar-refractivity contribution >= 4 is 11.9 Å². The first kappa shape index (κ1) is 19.2. The van der Waals surface area contributed by atoms with Gasteiger partial charge in [0, 0.05) is 29.9 Å². The van der Waals surface area contributed by atoms with Gasteiger partial charge in [-0.1, -0.05) is 24.2 Å². The van der Waals surface area contributed by atoms with E-state index in [2.05, 4.69) is 20.4 Å². The smallest absolute Gasteiger partial charge is 0.339 e. The number of nitrogens with one attached hydrogen (secondary N) is 1. The number of esters is 1. The van der Waals surface area contributed by atoms with Gasteiger partial charge in [0.05, 0.1) is 18.7 Å². The number of rotatable bonds is 7. The number of benzene rings is 1. The van der Waals surface area contributed by atoms with E-state index in [1.807, 2.05) is 13.0 Å². The predicted molar refractivity (Wildman–Crippen MR) is 100 cm³/mol. The summed E-state index contributed by atoms with van der Waals surface area (Å²) in [5.74, 6) is 0.254. The molecule has 1 aromatic carbocycles. The van der Waals surface area contributed by atoms with Crippen LogP contribution in [0.2, 0.25) is 0 Å². The normalized spacial score (nSPS) is 10.5. The maximum atomic E-state index is 12.5. The Bertz CT molecular complexity index is 984. The monoisotopic (exact) mass is 380 g/mol. The third-order valence-electron chi connectivity index (χ3n) is 3.93. The second kappa shape index (κ2) is 8.90. The van der Waals surface area contributed by atoms with Gasteiger partial charge < -0.3 is 14.6 Å². The standard InChI is InChI=1S/C20H20N4O4/c1-3-18-23-17(24-28-18)12-22-19(25)14-7-5-6-13(8-14)15-9-16(11-21-10-15)20(26)27-4-2/h5-11H,3-4,12H2,1-2H3,(H,22,25). The number of carbonyl (C=O) groups excluding carboxylic acids is 2. The summed E-state index contributed by atoms with van der Waals surface area (Å²) >= 11 is 0. The highest BCUT2D eigenvalue weighted by atomic mass is 16.5. The fraction of sp³-hybridized carbons (Fsp3) is 0.250. The fourth-order valence-corrected chi connectivity index (χ4v) is 2.53. The van der Waals surface area contributed by atoms with Crippen molar-refractivity contribution in [1.82, 2.24) is 20.4 Å². The van der Waals surface area contributed by atoms with Crippen molar-refractivity contribution in [2.24, 2.45) is 0 Å². The van der Waals surface area contributed by atoms with Crippen molar-refractivity contribution in [2.45, 2.75) is 26.8 Å². The van der Waals surface area contributed by atoms with Crippen LogP contribution in [0.25, 0.3) is 11.1 Å². The van der Waals surface area contributed by atoms with Gasteiger partial charge in [-0.25, -0.2) is 4.79 Å². The largest absolute Gasteiger partial charge is 0.462 e. The van der Waals surface area contributed by atoms with Crippen LogP contribution in [0.15, 0.2) is 47.2 Å². The highest BCUT2D eigenvalue weighted by molar-refractivity contribution is 5.95. The summed E-state index contributed by atoms with van der Waals surface area (Å²) in [6, 6.07) is 8.73. The van der Waals surface area contributed by atoms with Gasteiger partial charge in [0.1, 0.15) is 0 Å². The molecule has 0 fully saturated rings. The SMILES string of the molecule is CCOC(=O)c1cncc(-c2cccc(C(=O)NCc3noc(CC)n3)c2)c1. The Morgan fingerprint density at radius 3 is 2.68 bits per heavy atom. The molecule has 0 bridgehead atoms. The zero-order chi connectivity index (χ0) is 19.9. The van der Waals surface area contributed by atoms with E-state index in [0.29, 0.717) is 41.4 Å². The summed E-state index contributed by atoms with van der Waals surface area (Å²) in [4.78, 5) is 32.6. The molecule has 2 aromatic heterocycles. The van der Waals surface area contributed by atoms with Crippen LogP contribution < -0.4 is 5.32 Å². The molecule has 0 aliphatic carbocycles. The minimum absolute atomic E-state index is 0.173. The molecule has 2 heterocycles. The maximum absolute atomic E-state index is 12.5. The Morgan fingerprint density at radius 2 is 1.93 bits per heavy atom. The number of pyridine rings is 1. The molecule has 0 saturated heterocycles. The molecule has 0 atom stereocenters. The van der Waals surface area contributed by atoms with Gasteiger partial charge in [0.2, 0.25) is 5.89 Å².